The van der Waals surface area contributed by atoms with Crippen LogP contribution in [-0.2, 0) is 4.79 Å². The molecule has 0 bridgehead atoms. The number of hydrogen-bond acceptors (Lipinski definition) is 3. The summed E-state index contributed by atoms with van der Waals surface area (Å²) >= 11 is 5.90. The fourth-order valence-corrected chi connectivity index (χ4v) is 3.25. The van der Waals surface area contributed by atoms with E-state index in [4.69, 9.17) is 11.6 Å². The third-order valence-electron chi connectivity index (χ3n) is 4.91. The van der Waals surface area contributed by atoms with Gasteiger partial charge < -0.3 is 10.4 Å². The van der Waals surface area contributed by atoms with Gasteiger partial charge in [-0.2, -0.15) is 0 Å². The number of nitrogens with one attached hydrogen (secondary N) is 1. The second-order valence-electron chi connectivity index (χ2n) is 6.57. The molecule has 1 aliphatic heterocycles. The minimum atomic E-state index is -0.258. The molecule has 2 rings (SSSR count). The van der Waals surface area contributed by atoms with Crippen LogP contribution >= 0.6 is 11.6 Å². The minimum absolute atomic E-state index is 0.0442. The maximum absolute atomic E-state index is 12.5. The molecule has 4 nitrogen and oxygen atoms in total. The molecule has 1 aliphatic rings. The van der Waals surface area contributed by atoms with Crippen molar-refractivity contribution in [1.29, 1.82) is 0 Å². The van der Waals surface area contributed by atoms with Gasteiger partial charge in [-0.15, -0.1) is 0 Å². The predicted molar refractivity (Wildman–Crippen MR) is 93.4 cm³/mol. The monoisotopic (exact) mass is 338 g/mol. The first-order valence-electron chi connectivity index (χ1n) is 8.36. The van der Waals surface area contributed by atoms with E-state index in [-0.39, 0.29) is 24.1 Å². The molecule has 23 heavy (non-hydrogen) atoms. The average molecular weight is 339 g/mol. The van der Waals surface area contributed by atoms with E-state index in [1.807, 2.05) is 45.0 Å². The summed E-state index contributed by atoms with van der Waals surface area (Å²) in [6.45, 7) is 7.50. The zero-order valence-corrected chi connectivity index (χ0v) is 14.9. The van der Waals surface area contributed by atoms with E-state index in [0.717, 1.165) is 31.5 Å². The van der Waals surface area contributed by atoms with Gasteiger partial charge in [0, 0.05) is 5.02 Å². The number of halogens is 1. The highest BCUT2D eigenvalue weighted by Gasteiger charge is 2.28. The SMILES string of the molecule is CC(NC(=O)C(C)N1CCC(C(C)O)CC1)c1ccc(Cl)cc1. The summed E-state index contributed by atoms with van der Waals surface area (Å²) in [4.78, 5) is 14.7. The van der Waals surface area contributed by atoms with E-state index >= 15 is 0 Å². The smallest absolute Gasteiger partial charge is 0.237 e. The second kappa shape index (κ2) is 8.13. The maximum Gasteiger partial charge on any atom is 0.237 e. The summed E-state index contributed by atoms with van der Waals surface area (Å²) in [5.41, 5.74) is 1.04. The van der Waals surface area contributed by atoms with Gasteiger partial charge in [-0.05, 0) is 70.3 Å². The Labute approximate surface area is 143 Å². The molecule has 5 heteroatoms. The molecule has 0 radical (unpaired) electrons. The predicted octanol–water partition coefficient (Wildman–Crippen LogP) is 3.00. The third kappa shape index (κ3) is 4.93. The molecular weight excluding hydrogens is 312 g/mol. The fourth-order valence-electron chi connectivity index (χ4n) is 3.12. The Morgan fingerprint density at radius 3 is 2.30 bits per heavy atom. The quantitative estimate of drug-likeness (QED) is 0.867. The van der Waals surface area contributed by atoms with Crippen LogP contribution in [0.25, 0.3) is 0 Å². The van der Waals surface area contributed by atoms with Gasteiger partial charge in [0.2, 0.25) is 5.91 Å². The van der Waals surface area contributed by atoms with Gasteiger partial charge in [-0.25, -0.2) is 0 Å². The largest absolute Gasteiger partial charge is 0.393 e. The third-order valence-corrected chi connectivity index (χ3v) is 5.16. The Bertz CT molecular complexity index is 510. The maximum atomic E-state index is 12.5. The van der Waals surface area contributed by atoms with Gasteiger partial charge in [0.1, 0.15) is 0 Å². The number of piperidine rings is 1. The second-order valence-corrected chi connectivity index (χ2v) is 7.01. The minimum Gasteiger partial charge on any atom is -0.393 e. The van der Waals surface area contributed by atoms with Crippen LogP contribution in [0.4, 0.5) is 0 Å². The molecule has 0 saturated carbocycles. The Balaban J connectivity index is 1.86. The molecule has 2 N–H and O–H groups in total. The zero-order chi connectivity index (χ0) is 17.0. The molecule has 128 valence electrons. The van der Waals surface area contributed by atoms with E-state index < -0.39 is 0 Å². The standard InChI is InChI=1S/C18H27ClN2O2/c1-12(15-4-6-17(19)7-5-15)20-18(23)13(2)21-10-8-16(9-11-21)14(3)22/h4-7,12-14,16,22H,8-11H2,1-3H3,(H,20,23). The lowest BCUT2D eigenvalue weighted by Crippen LogP contribution is -2.49. The highest BCUT2D eigenvalue weighted by atomic mass is 35.5. The number of hydrogen-bond donors (Lipinski definition) is 2. The Hall–Kier alpha value is -1.10. The first-order chi connectivity index (χ1) is 10.9. The number of amides is 1. The summed E-state index contributed by atoms with van der Waals surface area (Å²) in [5.74, 6) is 0.400. The lowest BCUT2D eigenvalue weighted by Gasteiger charge is -2.36. The number of aliphatic hydroxyl groups excluding tert-OH is 1. The molecule has 1 saturated heterocycles. The van der Waals surface area contributed by atoms with Crippen molar-refractivity contribution in [3.63, 3.8) is 0 Å². The number of rotatable bonds is 5. The normalized spacial score (nSPS) is 20.7. The Morgan fingerprint density at radius 2 is 1.78 bits per heavy atom. The number of carbonyl (C=O) groups excluding carboxylic acids is 1. The molecule has 0 spiro atoms. The van der Waals surface area contributed by atoms with Crippen molar-refractivity contribution in [2.24, 2.45) is 5.92 Å². The molecule has 3 atom stereocenters. The van der Waals surface area contributed by atoms with E-state index in [1.165, 1.54) is 0 Å². The molecule has 1 amide bonds. The molecule has 0 aliphatic carbocycles. The van der Waals surface area contributed by atoms with Crippen molar-refractivity contribution in [3.8, 4) is 0 Å². The number of nitrogens with zero attached hydrogens (tertiary/aromatic N) is 1. The van der Waals surface area contributed by atoms with Crippen LogP contribution in [0.3, 0.4) is 0 Å². The number of likely N-dealkylation sites (tertiary alicyclic amines) is 1. The fraction of sp³-hybridized carbons (Fsp3) is 0.611. The first kappa shape index (κ1) is 18.2. The van der Waals surface area contributed by atoms with Gasteiger partial charge in [-0.3, -0.25) is 9.69 Å². The number of benzene rings is 1. The van der Waals surface area contributed by atoms with Crippen molar-refractivity contribution >= 4 is 17.5 Å². The molecule has 1 aromatic carbocycles. The van der Waals surface area contributed by atoms with Gasteiger partial charge in [-0.1, -0.05) is 23.7 Å². The van der Waals surface area contributed by atoms with Crippen molar-refractivity contribution in [3.05, 3.63) is 34.9 Å². The molecule has 0 aromatic heterocycles. The number of aliphatic hydroxyl groups is 1. The lowest BCUT2D eigenvalue weighted by molar-refractivity contribution is -0.127. The van der Waals surface area contributed by atoms with E-state index in [2.05, 4.69) is 10.2 Å². The summed E-state index contributed by atoms with van der Waals surface area (Å²) in [6, 6.07) is 7.35. The lowest BCUT2D eigenvalue weighted by atomic mass is 9.91. The molecular formula is C18H27ClN2O2. The zero-order valence-electron chi connectivity index (χ0n) is 14.1. The molecule has 3 unspecified atom stereocenters. The van der Waals surface area contributed by atoms with Crippen molar-refractivity contribution in [2.75, 3.05) is 13.1 Å². The molecule has 1 aromatic rings. The highest BCUT2D eigenvalue weighted by Crippen LogP contribution is 2.22. The van der Waals surface area contributed by atoms with Crippen LogP contribution in [0.2, 0.25) is 5.02 Å². The van der Waals surface area contributed by atoms with Gasteiger partial charge >= 0.3 is 0 Å². The Morgan fingerprint density at radius 1 is 1.22 bits per heavy atom. The summed E-state index contributed by atoms with van der Waals surface area (Å²) < 4.78 is 0. The van der Waals surface area contributed by atoms with Crippen LogP contribution < -0.4 is 5.32 Å². The van der Waals surface area contributed by atoms with Crippen LogP contribution in [0.5, 0.6) is 0 Å². The van der Waals surface area contributed by atoms with Gasteiger partial charge in [0.15, 0.2) is 0 Å². The Kier molecular flexibility index (Phi) is 6.45. The topological polar surface area (TPSA) is 52.6 Å². The van der Waals surface area contributed by atoms with Crippen molar-refractivity contribution in [1.82, 2.24) is 10.2 Å². The van der Waals surface area contributed by atoms with E-state index in [1.54, 1.807) is 0 Å². The van der Waals surface area contributed by atoms with Crippen LogP contribution in [0.15, 0.2) is 24.3 Å². The van der Waals surface area contributed by atoms with E-state index in [0.29, 0.717) is 10.9 Å². The van der Waals surface area contributed by atoms with Gasteiger partial charge in [0.25, 0.3) is 0 Å². The van der Waals surface area contributed by atoms with Crippen LogP contribution in [-0.4, -0.2) is 41.1 Å². The number of carbonyl (C=O) groups is 1. The van der Waals surface area contributed by atoms with Crippen molar-refractivity contribution in [2.45, 2.75) is 51.8 Å². The van der Waals surface area contributed by atoms with Crippen LogP contribution in [0, 0.1) is 5.92 Å². The summed E-state index contributed by atoms with van der Waals surface area (Å²) in [5, 5.41) is 13.4. The van der Waals surface area contributed by atoms with Gasteiger partial charge in [0.05, 0.1) is 18.2 Å². The summed E-state index contributed by atoms with van der Waals surface area (Å²) in [6.07, 6.45) is 1.63. The first-order valence-corrected chi connectivity index (χ1v) is 8.74. The average Bonchev–Trinajstić information content (AvgIpc) is 2.54. The van der Waals surface area contributed by atoms with Crippen LogP contribution in [0.1, 0.15) is 45.2 Å². The van der Waals surface area contributed by atoms with E-state index in [9.17, 15) is 9.90 Å². The molecule has 1 heterocycles. The molecule has 1 fully saturated rings. The summed E-state index contributed by atoms with van der Waals surface area (Å²) in [7, 11) is 0. The highest BCUT2D eigenvalue weighted by molar-refractivity contribution is 6.30. The van der Waals surface area contributed by atoms with Crippen molar-refractivity contribution < 1.29 is 9.90 Å².